The van der Waals surface area contributed by atoms with E-state index in [4.69, 9.17) is 9.47 Å². The Labute approximate surface area is 273 Å². The van der Waals surface area contributed by atoms with Crippen molar-refractivity contribution in [3.05, 3.63) is 118 Å². The third kappa shape index (κ3) is 6.89. The molecule has 1 atom stereocenters. The van der Waals surface area contributed by atoms with E-state index < -0.39 is 11.6 Å². The molecule has 0 saturated heterocycles. The van der Waals surface area contributed by atoms with Gasteiger partial charge in [-0.05, 0) is 72.9 Å². The molecule has 0 aromatic heterocycles. The van der Waals surface area contributed by atoms with Crippen molar-refractivity contribution in [2.45, 2.75) is 60.0 Å². The molecule has 2 N–H and O–H groups in total. The summed E-state index contributed by atoms with van der Waals surface area (Å²) in [6.45, 7) is 13.1. The first-order valence-corrected chi connectivity index (χ1v) is 16.1. The van der Waals surface area contributed by atoms with Crippen molar-refractivity contribution in [2.75, 3.05) is 25.5 Å². The number of nitrogens with zero attached hydrogens (tertiary/aromatic N) is 1. The highest BCUT2D eigenvalue weighted by Gasteiger charge is 2.53. The fraction of sp³-hybridized carbons (Fsp3) is 0.333. The van der Waals surface area contributed by atoms with E-state index in [1.165, 1.54) is 6.42 Å². The van der Waals surface area contributed by atoms with Crippen LogP contribution in [0.5, 0.6) is 17.2 Å². The van der Waals surface area contributed by atoms with Crippen LogP contribution in [-0.2, 0) is 16.8 Å². The summed E-state index contributed by atoms with van der Waals surface area (Å²) in [5, 5.41) is 12.4. The zero-order valence-corrected chi connectivity index (χ0v) is 28.2. The van der Waals surface area contributed by atoms with Gasteiger partial charge in [0.05, 0.1) is 5.56 Å². The number of phenols is 1. The van der Waals surface area contributed by atoms with Crippen molar-refractivity contribution in [2.24, 2.45) is 5.92 Å². The first kappa shape index (κ1) is 34.1. The molecular formula is C39H46N2O5. The Kier molecular flexibility index (Phi) is 10.8. The van der Waals surface area contributed by atoms with Gasteiger partial charge in [0.25, 0.3) is 5.91 Å². The maximum atomic E-state index is 13.4. The van der Waals surface area contributed by atoms with E-state index >= 15 is 0 Å². The van der Waals surface area contributed by atoms with Crippen LogP contribution in [0, 0.1) is 12.8 Å². The van der Waals surface area contributed by atoms with Crippen molar-refractivity contribution in [1.29, 1.82) is 0 Å². The van der Waals surface area contributed by atoms with Gasteiger partial charge >= 0.3 is 5.97 Å². The molecule has 0 aliphatic carbocycles. The minimum absolute atomic E-state index is 0.202. The number of rotatable bonds is 6. The fourth-order valence-electron chi connectivity index (χ4n) is 5.33. The number of aryl methyl sites for hydroxylation is 1. The Morgan fingerprint density at radius 3 is 2.13 bits per heavy atom. The lowest BCUT2D eigenvalue weighted by molar-refractivity contribution is 0.0224. The van der Waals surface area contributed by atoms with Gasteiger partial charge in [-0.3, -0.25) is 4.79 Å². The molecule has 7 heteroatoms. The summed E-state index contributed by atoms with van der Waals surface area (Å²) >= 11 is 0. The Morgan fingerprint density at radius 1 is 0.891 bits per heavy atom. The van der Waals surface area contributed by atoms with E-state index in [0.29, 0.717) is 41.2 Å². The number of carbonyl (C=O) groups excluding carboxylic acids is 2. The molecule has 6 rings (SSSR count). The van der Waals surface area contributed by atoms with Gasteiger partial charge in [-0.25, -0.2) is 4.79 Å². The third-order valence-corrected chi connectivity index (χ3v) is 8.18. The number of nitrogens with one attached hydrogen (secondary N) is 1. The minimum atomic E-state index is -1.18. The van der Waals surface area contributed by atoms with Crippen molar-refractivity contribution in [3.63, 3.8) is 0 Å². The molecule has 1 spiro atoms. The quantitative estimate of drug-likeness (QED) is 0.210. The van der Waals surface area contributed by atoms with Gasteiger partial charge in [0.2, 0.25) is 0 Å². The van der Waals surface area contributed by atoms with E-state index in [0.717, 1.165) is 33.9 Å². The minimum Gasteiger partial charge on any atom is -0.508 e. The average molecular weight is 623 g/mol. The smallest absolute Gasteiger partial charge is 0.340 e. The van der Waals surface area contributed by atoms with E-state index in [2.05, 4.69) is 26.1 Å². The molecule has 2 aliphatic heterocycles. The molecule has 7 nitrogen and oxygen atoms in total. The van der Waals surface area contributed by atoms with Crippen LogP contribution in [0.25, 0.3) is 0 Å². The summed E-state index contributed by atoms with van der Waals surface area (Å²) in [7, 11) is 3.92. The summed E-state index contributed by atoms with van der Waals surface area (Å²) in [6.07, 6.45) is 1.92. The molecule has 2 heterocycles. The molecule has 0 saturated carbocycles. The number of amides is 1. The fourth-order valence-corrected chi connectivity index (χ4v) is 5.33. The van der Waals surface area contributed by atoms with Crippen LogP contribution in [0.3, 0.4) is 0 Å². The standard InChI is InChI=1S/C32H28N2O5.C5H12.C2H6/c1-19-4-11-26-28(16-19)38-29-18-22(34(2)3)8-13-27(29)32(26)25-12-7-21(17-24(25)31(37)39-32)30(36)33-15-14-20-5-9-23(35)10-6-20;1-4-5(2)3;1-2/h4-13,16-18,35H,14-15H2,1-3H3,(H,33,36);5H,4H2,1-3H3;1-2H3. The van der Waals surface area contributed by atoms with Crippen molar-refractivity contribution in [3.8, 4) is 17.2 Å². The van der Waals surface area contributed by atoms with E-state index in [1.54, 1.807) is 24.3 Å². The molecule has 4 aromatic carbocycles. The first-order valence-electron chi connectivity index (χ1n) is 16.1. The predicted molar refractivity (Wildman–Crippen MR) is 184 cm³/mol. The highest BCUT2D eigenvalue weighted by molar-refractivity contribution is 6.01. The van der Waals surface area contributed by atoms with Gasteiger partial charge in [0, 0.05) is 54.6 Å². The lowest BCUT2D eigenvalue weighted by Gasteiger charge is -2.37. The molecule has 1 unspecified atom stereocenters. The second-order valence-electron chi connectivity index (χ2n) is 12.0. The molecule has 0 radical (unpaired) electrons. The van der Waals surface area contributed by atoms with Crippen LogP contribution in [-0.4, -0.2) is 37.6 Å². The summed E-state index contributed by atoms with van der Waals surface area (Å²) < 4.78 is 12.6. The largest absolute Gasteiger partial charge is 0.508 e. The highest BCUT2D eigenvalue weighted by Crippen LogP contribution is 2.56. The highest BCUT2D eigenvalue weighted by atomic mass is 16.6. The summed E-state index contributed by atoms with van der Waals surface area (Å²) in [5.41, 5.74) is 4.72. The zero-order chi connectivity index (χ0) is 33.6. The van der Waals surface area contributed by atoms with Crippen molar-refractivity contribution >= 4 is 17.6 Å². The number of aromatic hydroxyl groups is 1. The predicted octanol–water partition coefficient (Wildman–Crippen LogP) is 8.39. The lowest BCUT2D eigenvalue weighted by atomic mass is 9.77. The SMILES string of the molecule is CC.CCC(C)C.Cc1ccc2c(c1)Oc1cc(N(C)C)ccc1C21OC(=O)c2cc(C(=O)NCCc3ccc(O)cc3)ccc21. The Balaban J connectivity index is 0.000000628. The normalized spacial score (nSPS) is 15.2. The second-order valence-corrected chi connectivity index (χ2v) is 12.0. The molecular weight excluding hydrogens is 576 g/mol. The summed E-state index contributed by atoms with van der Waals surface area (Å²) in [4.78, 5) is 28.3. The molecule has 46 heavy (non-hydrogen) atoms. The van der Waals surface area contributed by atoms with E-state index in [-0.39, 0.29) is 11.7 Å². The number of fused-ring (bicyclic) bond motifs is 6. The van der Waals surface area contributed by atoms with Crippen LogP contribution in [0.4, 0.5) is 5.69 Å². The van der Waals surface area contributed by atoms with Crippen LogP contribution < -0.4 is 15.0 Å². The maximum absolute atomic E-state index is 13.4. The molecule has 1 amide bonds. The monoisotopic (exact) mass is 622 g/mol. The average Bonchev–Trinajstić information content (AvgIpc) is 3.34. The van der Waals surface area contributed by atoms with Gasteiger partial charge < -0.3 is 24.8 Å². The van der Waals surface area contributed by atoms with Crippen LogP contribution in [0.2, 0.25) is 0 Å². The van der Waals surface area contributed by atoms with Crippen LogP contribution in [0.1, 0.15) is 89.6 Å². The lowest BCUT2D eigenvalue weighted by Crippen LogP contribution is -2.33. The molecule has 0 bridgehead atoms. The van der Waals surface area contributed by atoms with Gasteiger partial charge in [0.1, 0.15) is 17.2 Å². The molecule has 0 fully saturated rings. The molecule has 4 aromatic rings. The van der Waals surface area contributed by atoms with Crippen molar-refractivity contribution in [1.82, 2.24) is 5.32 Å². The number of hydrogen-bond donors (Lipinski definition) is 2. The number of benzene rings is 4. The number of phenolic OH excluding ortho intramolecular Hbond substituents is 1. The zero-order valence-electron chi connectivity index (χ0n) is 28.2. The summed E-state index contributed by atoms with van der Waals surface area (Å²) in [6, 6.07) is 23.8. The van der Waals surface area contributed by atoms with Gasteiger partial charge in [0.15, 0.2) is 5.60 Å². The van der Waals surface area contributed by atoms with Gasteiger partial charge in [-0.1, -0.05) is 71.4 Å². The maximum Gasteiger partial charge on any atom is 0.340 e. The number of esters is 1. The Morgan fingerprint density at radius 2 is 1.50 bits per heavy atom. The topological polar surface area (TPSA) is 88.1 Å². The van der Waals surface area contributed by atoms with Gasteiger partial charge in [-0.15, -0.1) is 0 Å². The molecule has 2 aliphatic rings. The second kappa shape index (κ2) is 14.5. The number of carbonyl (C=O) groups is 2. The first-order chi connectivity index (χ1) is 22.0. The van der Waals surface area contributed by atoms with E-state index in [1.807, 2.05) is 94.4 Å². The Bertz CT molecular complexity index is 1690. The number of ether oxygens (including phenoxy) is 2. The van der Waals surface area contributed by atoms with Gasteiger partial charge in [-0.2, -0.15) is 0 Å². The van der Waals surface area contributed by atoms with E-state index in [9.17, 15) is 14.7 Å². The number of hydrogen-bond acceptors (Lipinski definition) is 6. The third-order valence-electron chi connectivity index (χ3n) is 8.18. The van der Waals surface area contributed by atoms with Crippen LogP contribution >= 0.6 is 0 Å². The number of anilines is 1. The molecule has 242 valence electrons. The Hall–Kier alpha value is -4.78. The van der Waals surface area contributed by atoms with Crippen molar-refractivity contribution < 1.29 is 24.2 Å². The van der Waals surface area contributed by atoms with Crippen LogP contribution in [0.15, 0.2) is 78.9 Å². The summed E-state index contributed by atoms with van der Waals surface area (Å²) in [5.74, 6) is 1.58.